The summed E-state index contributed by atoms with van der Waals surface area (Å²) in [5, 5.41) is 8.50. The molecule has 100 valence electrons. The SMILES string of the molecule is Cc1cc(C)n(CC(=O)N/N=C2\CC3C=CCC23)n1. The molecule has 0 aromatic carbocycles. The van der Waals surface area contributed by atoms with Crippen LogP contribution in [0.15, 0.2) is 23.3 Å². The van der Waals surface area contributed by atoms with Crippen molar-refractivity contribution in [2.45, 2.75) is 33.2 Å². The van der Waals surface area contributed by atoms with Crippen molar-refractivity contribution in [3.05, 3.63) is 29.6 Å². The molecule has 0 bridgehead atoms. The highest BCUT2D eigenvalue weighted by atomic mass is 16.2. The van der Waals surface area contributed by atoms with Crippen LogP contribution in [0.5, 0.6) is 0 Å². The molecule has 0 saturated heterocycles. The van der Waals surface area contributed by atoms with Gasteiger partial charge in [0, 0.05) is 17.3 Å². The number of aromatic nitrogens is 2. The molecule has 1 fully saturated rings. The van der Waals surface area contributed by atoms with E-state index in [0.717, 1.165) is 29.9 Å². The van der Waals surface area contributed by atoms with Crippen molar-refractivity contribution in [2.75, 3.05) is 0 Å². The number of amides is 1. The van der Waals surface area contributed by atoms with E-state index in [-0.39, 0.29) is 12.5 Å². The van der Waals surface area contributed by atoms with Gasteiger partial charge in [0.2, 0.25) is 0 Å². The summed E-state index contributed by atoms with van der Waals surface area (Å²) in [7, 11) is 0. The number of carbonyl (C=O) groups is 1. The van der Waals surface area contributed by atoms with Crippen LogP contribution in [-0.2, 0) is 11.3 Å². The van der Waals surface area contributed by atoms with Crippen LogP contribution in [-0.4, -0.2) is 21.4 Å². The lowest BCUT2D eigenvalue weighted by atomic mass is 9.74. The molecule has 0 aliphatic heterocycles. The van der Waals surface area contributed by atoms with E-state index in [4.69, 9.17) is 0 Å². The highest BCUT2D eigenvalue weighted by Crippen LogP contribution is 2.39. The summed E-state index contributed by atoms with van der Waals surface area (Å²) in [5.74, 6) is 1.08. The Hall–Kier alpha value is -1.91. The molecule has 3 rings (SSSR count). The van der Waals surface area contributed by atoms with Gasteiger partial charge in [-0.3, -0.25) is 9.48 Å². The Kier molecular flexibility index (Phi) is 2.97. The summed E-state index contributed by atoms with van der Waals surface area (Å²) in [6.07, 6.45) is 6.51. The number of allylic oxidation sites excluding steroid dienone is 2. The molecule has 1 amide bonds. The van der Waals surface area contributed by atoms with Crippen LogP contribution >= 0.6 is 0 Å². The van der Waals surface area contributed by atoms with E-state index < -0.39 is 0 Å². The number of rotatable bonds is 3. The molecule has 1 aromatic heterocycles. The van der Waals surface area contributed by atoms with E-state index in [1.165, 1.54) is 0 Å². The maximum atomic E-state index is 11.8. The van der Waals surface area contributed by atoms with Gasteiger partial charge in [0.05, 0.1) is 5.69 Å². The number of hydrogen-bond acceptors (Lipinski definition) is 3. The molecule has 2 aliphatic carbocycles. The summed E-state index contributed by atoms with van der Waals surface area (Å²) in [4.78, 5) is 11.8. The van der Waals surface area contributed by atoms with Crippen molar-refractivity contribution < 1.29 is 4.79 Å². The highest BCUT2D eigenvalue weighted by molar-refractivity contribution is 5.94. The van der Waals surface area contributed by atoms with Gasteiger partial charge in [0.25, 0.3) is 5.91 Å². The first-order valence-corrected chi connectivity index (χ1v) is 6.66. The number of hydrazone groups is 1. The highest BCUT2D eigenvalue weighted by Gasteiger charge is 2.37. The van der Waals surface area contributed by atoms with Gasteiger partial charge in [-0.2, -0.15) is 10.2 Å². The maximum Gasteiger partial charge on any atom is 0.261 e. The lowest BCUT2D eigenvalue weighted by Crippen LogP contribution is -2.36. The van der Waals surface area contributed by atoms with E-state index in [0.29, 0.717) is 11.8 Å². The van der Waals surface area contributed by atoms with Gasteiger partial charge < -0.3 is 0 Å². The predicted molar refractivity (Wildman–Crippen MR) is 72.6 cm³/mol. The number of aryl methyl sites for hydroxylation is 2. The molecule has 1 saturated carbocycles. The van der Waals surface area contributed by atoms with Crippen molar-refractivity contribution in [2.24, 2.45) is 16.9 Å². The minimum Gasteiger partial charge on any atom is -0.271 e. The number of carbonyl (C=O) groups excluding carboxylic acids is 1. The van der Waals surface area contributed by atoms with Crippen molar-refractivity contribution >= 4 is 11.6 Å². The van der Waals surface area contributed by atoms with Crippen molar-refractivity contribution in [1.29, 1.82) is 0 Å². The molecule has 19 heavy (non-hydrogen) atoms. The summed E-state index contributed by atoms with van der Waals surface area (Å²) in [5.41, 5.74) is 5.68. The number of hydrogen-bond donors (Lipinski definition) is 1. The summed E-state index contributed by atoms with van der Waals surface area (Å²) >= 11 is 0. The average Bonchev–Trinajstić information content (AvgIpc) is 2.83. The van der Waals surface area contributed by atoms with Gasteiger partial charge in [0.1, 0.15) is 6.54 Å². The molecule has 2 atom stereocenters. The van der Waals surface area contributed by atoms with Gasteiger partial charge in [-0.25, -0.2) is 5.43 Å². The second-order valence-corrected chi connectivity index (χ2v) is 5.36. The Bertz CT molecular complexity index is 570. The third kappa shape index (κ3) is 2.32. The number of fused-ring (bicyclic) bond motifs is 1. The molecular weight excluding hydrogens is 240 g/mol. The van der Waals surface area contributed by atoms with Crippen LogP contribution in [0.25, 0.3) is 0 Å². The predicted octanol–water partition coefficient (Wildman–Crippen LogP) is 1.57. The average molecular weight is 258 g/mol. The Morgan fingerprint density at radius 3 is 3.11 bits per heavy atom. The monoisotopic (exact) mass is 258 g/mol. The van der Waals surface area contributed by atoms with Crippen LogP contribution < -0.4 is 5.43 Å². The topological polar surface area (TPSA) is 59.3 Å². The third-order valence-electron chi connectivity index (χ3n) is 3.88. The Balaban J connectivity index is 1.55. The molecule has 5 heteroatoms. The lowest BCUT2D eigenvalue weighted by Gasteiger charge is -2.31. The van der Waals surface area contributed by atoms with Gasteiger partial charge >= 0.3 is 0 Å². The third-order valence-corrected chi connectivity index (χ3v) is 3.88. The van der Waals surface area contributed by atoms with Gasteiger partial charge in [-0.15, -0.1) is 0 Å². The summed E-state index contributed by atoms with van der Waals surface area (Å²) in [6.45, 7) is 4.09. The zero-order valence-electron chi connectivity index (χ0n) is 11.3. The first kappa shape index (κ1) is 12.1. The molecule has 0 spiro atoms. The van der Waals surface area contributed by atoms with E-state index in [9.17, 15) is 4.79 Å². The standard InChI is InChI=1S/C14H18N4O/c1-9-6-10(2)18(17-9)8-14(19)16-15-13-7-11-4-3-5-12(11)13/h3-4,6,11-12H,5,7-8H2,1-2H3,(H,16,19)/b15-13+. The van der Waals surface area contributed by atoms with E-state index in [2.05, 4.69) is 27.8 Å². The second-order valence-electron chi connectivity index (χ2n) is 5.36. The normalized spacial score (nSPS) is 26.3. The fourth-order valence-corrected chi connectivity index (χ4v) is 2.80. The van der Waals surface area contributed by atoms with Crippen molar-refractivity contribution in [3.8, 4) is 0 Å². The molecular formula is C14H18N4O. The van der Waals surface area contributed by atoms with Crippen LogP contribution in [0.2, 0.25) is 0 Å². The largest absolute Gasteiger partial charge is 0.271 e. The minimum atomic E-state index is -0.117. The second kappa shape index (κ2) is 4.64. The first-order valence-electron chi connectivity index (χ1n) is 6.66. The lowest BCUT2D eigenvalue weighted by molar-refractivity contribution is -0.121. The Morgan fingerprint density at radius 2 is 2.42 bits per heavy atom. The zero-order valence-corrected chi connectivity index (χ0v) is 11.3. The van der Waals surface area contributed by atoms with E-state index in [1.807, 2.05) is 19.9 Å². The van der Waals surface area contributed by atoms with E-state index in [1.54, 1.807) is 4.68 Å². The first-order chi connectivity index (χ1) is 9.13. The molecule has 1 N–H and O–H groups in total. The van der Waals surface area contributed by atoms with Crippen molar-refractivity contribution in [1.82, 2.24) is 15.2 Å². The maximum absolute atomic E-state index is 11.8. The minimum absolute atomic E-state index is 0.117. The van der Waals surface area contributed by atoms with Crippen LogP contribution in [0.4, 0.5) is 0 Å². The van der Waals surface area contributed by atoms with Gasteiger partial charge in [0.15, 0.2) is 0 Å². The van der Waals surface area contributed by atoms with Crippen LogP contribution in [0.3, 0.4) is 0 Å². The fraction of sp³-hybridized carbons (Fsp3) is 0.500. The summed E-state index contributed by atoms with van der Waals surface area (Å²) < 4.78 is 1.70. The Morgan fingerprint density at radius 1 is 1.58 bits per heavy atom. The van der Waals surface area contributed by atoms with Crippen LogP contribution in [0.1, 0.15) is 24.2 Å². The van der Waals surface area contributed by atoms with Gasteiger partial charge in [-0.1, -0.05) is 12.2 Å². The molecule has 5 nitrogen and oxygen atoms in total. The smallest absolute Gasteiger partial charge is 0.261 e. The molecule has 1 heterocycles. The van der Waals surface area contributed by atoms with Crippen molar-refractivity contribution in [3.63, 3.8) is 0 Å². The summed E-state index contributed by atoms with van der Waals surface area (Å²) in [6, 6.07) is 1.96. The van der Waals surface area contributed by atoms with Gasteiger partial charge in [-0.05, 0) is 38.7 Å². The molecule has 1 aromatic rings. The quantitative estimate of drug-likeness (QED) is 0.661. The number of nitrogens with zero attached hydrogens (tertiary/aromatic N) is 3. The molecule has 2 aliphatic rings. The Labute approximate surface area is 112 Å². The van der Waals surface area contributed by atoms with E-state index >= 15 is 0 Å². The molecule has 2 unspecified atom stereocenters. The van der Waals surface area contributed by atoms with Crippen LogP contribution in [0, 0.1) is 25.7 Å². The number of nitrogens with one attached hydrogen (secondary N) is 1. The molecule has 0 radical (unpaired) electrons. The zero-order chi connectivity index (χ0) is 13.4. The fourth-order valence-electron chi connectivity index (χ4n) is 2.80.